The molecule has 39 heavy (non-hydrogen) atoms. The number of fused-ring (bicyclic) bond motifs is 1. The van der Waals surface area contributed by atoms with E-state index in [0.717, 1.165) is 11.1 Å². The summed E-state index contributed by atoms with van der Waals surface area (Å²) < 4.78 is 24.3. The molecule has 0 amide bonds. The number of esters is 1. The van der Waals surface area contributed by atoms with Gasteiger partial charge in [-0.15, -0.1) is 0 Å². The first-order valence-electron chi connectivity index (χ1n) is 12.4. The Labute approximate surface area is 229 Å². The number of hydrogen-bond donors (Lipinski definition) is 0. The fourth-order valence-corrected chi connectivity index (χ4v) is 5.67. The molecule has 2 aromatic heterocycles. The first-order chi connectivity index (χ1) is 18.8. The van der Waals surface area contributed by atoms with Crippen LogP contribution in [0.25, 0.3) is 17.4 Å². The molecule has 9 heteroatoms. The molecule has 0 radical (unpaired) electrons. The number of furan rings is 1. The van der Waals surface area contributed by atoms with Crippen LogP contribution in [0.1, 0.15) is 36.8 Å². The predicted molar refractivity (Wildman–Crippen MR) is 149 cm³/mol. The second-order valence-corrected chi connectivity index (χ2v) is 10.00. The number of hydrogen-bond acceptors (Lipinski definition) is 8. The van der Waals surface area contributed by atoms with E-state index in [1.165, 1.54) is 23.0 Å². The van der Waals surface area contributed by atoms with Crippen molar-refractivity contribution in [2.24, 2.45) is 4.99 Å². The van der Waals surface area contributed by atoms with Gasteiger partial charge in [0.1, 0.15) is 11.5 Å². The molecule has 0 N–H and O–H groups in total. The lowest BCUT2D eigenvalue weighted by atomic mass is 9.95. The predicted octanol–water partition coefficient (Wildman–Crippen LogP) is 4.38. The van der Waals surface area contributed by atoms with Crippen molar-refractivity contribution in [2.45, 2.75) is 26.8 Å². The number of aromatic nitrogens is 1. The molecule has 2 aromatic carbocycles. The molecule has 3 heterocycles. The van der Waals surface area contributed by atoms with Crippen molar-refractivity contribution < 1.29 is 23.4 Å². The summed E-state index contributed by atoms with van der Waals surface area (Å²) in [6.07, 6.45) is 1.71. The highest BCUT2D eigenvalue weighted by Crippen LogP contribution is 2.36. The average molecular weight is 545 g/mol. The Hall–Kier alpha value is -4.37. The molecule has 0 fully saturated rings. The van der Waals surface area contributed by atoms with Crippen molar-refractivity contribution in [2.75, 3.05) is 20.8 Å². The molecule has 1 aliphatic rings. The quantitative estimate of drug-likeness (QED) is 0.321. The van der Waals surface area contributed by atoms with Crippen LogP contribution in [0.15, 0.2) is 80.1 Å². The summed E-state index contributed by atoms with van der Waals surface area (Å²) in [7, 11) is 3.09. The van der Waals surface area contributed by atoms with E-state index in [1.54, 1.807) is 39.2 Å². The molecule has 5 rings (SSSR count). The Morgan fingerprint density at radius 1 is 1.08 bits per heavy atom. The van der Waals surface area contributed by atoms with Crippen molar-refractivity contribution in [1.29, 1.82) is 0 Å². The van der Waals surface area contributed by atoms with Gasteiger partial charge in [-0.2, -0.15) is 0 Å². The summed E-state index contributed by atoms with van der Waals surface area (Å²) in [5.41, 5.74) is 3.24. The van der Waals surface area contributed by atoms with Crippen LogP contribution < -0.4 is 24.4 Å². The monoisotopic (exact) mass is 544 g/mol. The van der Waals surface area contributed by atoms with Crippen LogP contribution in [0.3, 0.4) is 0 Å². The first kappa shape index (κ1) is 26.2. The minimum atomic E-state index is -0.762. The highest BCUT2D eigenvalue weighted by Gasteiger charge is 2.34. The maximum absolute atomic E-state index is 13.8. The minimum absolute atomic E-state index is 0.195. The molecular formula is C30H28N2O6S. The number of methoxy groups -OCH3 is 2. The van der Waals surface area contributed by atoms with Crippen molar-refractivity contribution in [1.82, 2.24) is 4.57 Å². The van der Waals surface area contributed by atoms with Crippen LogP contribution in [-0.4, -0.2) is 31.4 Å². The Morgan fingerprint density at radius 2 is 1.87 bits per heavy atom. The zero-order valence-electron chi connectivity index (χ0n) is 22.3. The fraction of sp³-hybridized carbons (Fsp3) is 0.233. The maximum Gasteiger partial charge on any atom is 0.338 e. The van der Waals surface area contributed by atoms with Gasteiger partial charge in [0, 0.05) is 11.6 Å². The number of allylic oxidation sites excluding steroid dienone is 1. The molecule has 0 bridgehead atoms. The zero-order chi connectivity index (χ0) is 27.7. The Kier molecular flexibility index (Phi) is 7.26. The third kappa shape index (κ3) is 4.93. The van der Waals surface area contributed by atoms with Gasteiger partial charge in [0.25, 0.3) is 5.56 Å². The van der Waals surface area contributed by atoms with Crippen LogP contribution in [0.2, 0.25) is 0 Å². The van der Waals surface area contributed by atoms with Crippen molar-refractivity contribution in [3.05, 3.63) is 102 Å². The van der Waals surface area contributed by atoms with Gasteiger partial charge in [-0.1, -0.05) is 41.2 Å². The normalized spacial score (nSPS) is 15.1. The lowest BCUT2D eigenvalue weighted by molar-refractivity contribution is -0.139. The van der Waals surface area contributed by atoms with Gasteiger partial charge in [0.15, 0.2) is 16.3 Å². The molecule has 0 saturated heterocycles. The number of aryl methyl sites for hydroxylation is 1. The van der Waals surface area contributed by atoms with Crippen LogP contribution in [-0.2, 0) is 9.53 Å². The number of benzene rings is 2. The molecule has 1 atom stereocenters. The van der Waals surface area contributed by atoms with E-state index in [4.69, 9.17) is 18.6 Å². The smallest absolute Gasteiger partial charge is 0.338 e. The summed E-state index contributed by atoms with van der Waals surface area (Å²) >= 11 is 1.24. The summed E-state index contributed by atoms with van der Waals surface area (Å²) in [4.78, 5) is 32.1. The van der Waals surface area contributed by atoms with E-state index < -0.39 is 12.0 Å². The summed E-state index contributed by atoms with van der Waals surface area (Å²) in [5, 5.41) is 0. The van der Waals surface area contributed by atoms with E-state index in [2.05, 4.69) is 4.99 Å². The third-order valence-electron chi connectivity index (χ3n) is 6.44. The molecule has 4 aromatic rings. The largest absolute Gasteiger partial charge is 0.493 e. The van der Waals surface area contributed by atoms with E-state index in [-0.39, 0.29) is 12.2 Å². The van der Waals surface area contributed by atoms with Crippen LogP contribution in [0, 0.1) is 6.92 Å². The van der Waals surface area contributed by atoms with Crippen molar-refractivity contribution >= 4 is 23.4 Å². The molecule has 0 aliphatic carbocycles. The number of nitrogens with zero attached hydrogens (tertiary/aromatic N) is 2. The standard InChI is InChI=1S/C30H28N2O6S/c1-6-37-29(34)26-18(3)31-30-32(27(26)20-10-12-23(35-4)24(15-20)36-5)28(33)25(39-30)16-21-11-13-22(38-21)19-9-7-8-17(2)14-19/h7-16,27H,6H2,1-5H3. The van der Waals surface area contributed by atoms with Gasteiger partial charge in [-0.25, -0.2) is 9.79 Å². The Morgan fingerprint density at radius 3 is 2.59 bits per heavy atom. The first-order valence-corrected chi connectivity index (χ1v) is 13.2. The zero-order valence-corrected chi connectivity index (χ0v) is 23.1. The number of ether oxygens (including phenoxy) is 3. The highest BCUT2D eigenvalue weighted by atomic mass is 32.1. The fourth-order valence-electron chi connectivity index (χ4n) is 4.64. The Balaban J connectivity index is 1.66. The SMILES string of the molecule is CCOC(=O)C1=C(C)N=c2sc(=Cc3ccc(-c4cccc(C)c4)o3)c(=O)n2C1c1ccc(OC)c(OC)c1. The maximum atomic E-state index is 13.8. The molecule has 200 valence electrons. The van der Waals surface area contributed by atoms with E-state index in [9.17, 15) is 9.59 Å². The molecule has 0 spiro atoms. The third-order valence-corrected chi connectivity index (χ3v) is 7.43. The number of thiazole rings is 1. The average Bonchev–Trinajstić information content (AvgIpc) is 3.52. The van der Waals surface area contributed by atoms with Gasteiger partial charge in [-0.05, 0) is 56.7 Å². The van der Waals surface area contributed by atoms with E-state index in [0.29, 0.717) is 49.2 Å². The Bertz CT molecular complexity index is 1780. The second-order valence-electron chi connectivity index (χ2n) is 8.99. The van der Waals surface area contributed by atoms with Crippen molar-refractivity contribution in [3.63, 3.8) is 0 Å². The summed E-state index contributed by atoms with van der Waals surface area (Å²) in [6.45, 7) is 5.70. The van der Waals surface area contributed by atoms with Gasteiger partial charge >= 0.3 is 5.97 Å². The lowest BCUT2D eigenvalue weighted by Gasteiger charge is -2.25. The molecule has 0 saturated carbocycles. The van der Waals surface area contributed by atoms with Crippen LogP contribution in [0.4, 0.5) is 0 Å². The molecule has 1 aliphatic heterocycles. The van der Waals surface area contributed by atoms with Gasteiger partial charge < -0.3 is 18.6 Å². The van der Waals surface area contributed by atoms with E-state index in [1.807, 2.05) is 49.4 Å². The summed E-state index contributed by atoms with van der Waals surface area (Å²) in [5.74, 6) is 1.74. The van der Waals surface area contributed by atoms with Crippen LogP contribution in [0.5, 0.6) is 11.5 Å². The summed E-state index contributed by atoms with van der Waals surface area (Å²) in [6, 6.07) is 16.3. The number of rotatable bonds is 7. The number of carbonyl (C=O) groups excluding carboxylic acids is 1. The molecular weight excluding hydrogens is 516 g/mol. The lowest BCUT2D eigenvalue weighted by Crippen LogP contribution is -2.39. The van der Waals surface area contributed by atoms with Gasteiger partial charge in [0.2, 0.25) is 0 Å². The highest BCUT2D eigenvalue weighted by molar-refractivity contribution is 7.07. The van der Waals surface area contributed by atoms with Gasteiger partial charge in [0.05, 0.1) is 42.7 Å². The van der Waals surface area contributed by atoms with Crippen LogP contribution >= 0.6 is 11.3 Å². The number of carbonyl (C=O) groups is 1. The van der Waals surface area contributed by atoms with Gasteiger partial charge in [-0.3, -0.25) is 9.36 Å². The minimum Gasteiger partial charge on any atom is -0.493 e. The molecule has 8 nitrogen and oxygen atoms in total. The van der Waals surface area contributed by atoms with Crippen molar-refractivity contribution in [3.8, 4) is 22.8 Å². The molecule has 1 unspecified atom stereocenters. The topological polar surface area (TPSA) is 92.3 Å². The second kappa shape index (κ2) is 10.8. The van der Waals surface area contributed by atoms with E-state index >= 15 is 0 Å².